The molecule has 1 aliphatic heterocycles. The van der Waals surface area contributed by atoms with Crippen molar-refractivity contribution in [2.24, 2.45) is 7.05 Å². The predicted molar refractivity (Wildman–Crippen MR) is 73.1 cm³/mol. The third-order valence-electron chi connectivity index (χ3n) is 3.47. The average molecular weight is 287 g/mol. The molecular formula is C11H21N5O2S. The van der Waals surface area contributed by atoms with Gasteiger partial charge in [-0.05, 0) is 32.5 Å². The van der Waals surface area contributed by atoms with Gasteiger partial charge in [-0.3, -0.25) is 4.68 Å². The van der Waals surface area contributed by atoms with Gasteiger partial charge in [0.15, 0.2) is 5.82 Å². The van der Waals surface area contributed by atoms with E-state index in [0.29, 0.717) is 0 Å². The molecule has 1 fully saturated rings. The van der Waals surface area contributed by atoms with E-state index in [9.17, 15) is 8.42 Å². The summed E-state index contributed by atoms with van der Waals surface area (Å²) in [4.78, 5) is 2.37. The molecule has 7 nitrogen and oxygen atoms in total. The number of nitrogen functional groups attached to an aromatic ring is 1. The summed E-state index contributed by atoms with van der Waals surface area (Å²) in [5.74, 6) is 0.0426. The Morgan fingerprint density at radius 2 is 2.11 bits per heavy atom. The van der Waals surface area contributed by atoms with Gasteiger partial charge in [-0.15, -0.1) is 0 Å². The largest absolute Gasteiger partial charge is 0.381 e. The second-order valence-corrected chi connectivity index (χ2v) is 6.56. The predicted octanol–water partition coefficient (Wildman–Crippen LogP) is -0.235. The molecule has 0 amide bonds. The molecule has 0 unspecified atom stereocenters. The van der Waals surface area contributed by atoms with Crippen molar-refractivity contribution in [1.29, 1.82) is 0 Å². The Hall–Kier alpha value is -1.12. The highest BCUT2D eigenvalue weighted by atomic mass is 32.2. The molecular weight excluding hydrogens is 266 g/mol. The number of nitrogens with zero attached hydrogens (tertiary/aromatic N) is 3. The molecule has 1 aromatic rings. The molecule has 1 aliphatic rings. The Labute approximate surface area is 113 Å². The zero-order valence-electron chi connectivity index (χ0n) is 11.3. The van der Waals surface area contributed by atoms with Gasteiger partial charge in [0.1, 0.15) is 4.90 Å². The lowest BCUT2D eigenvalue weighted by Gasteiger charge is -2.31. The van der Waals surface area contributed by atoms with Crippen LogP contribution in [0.5, 0.6) is 0 Å². The Bertz CT molecular complexity index is 531. The van der Waals surface area contributed by atoms with Gasteiger partial charge in [0.2, 0.25) is 10.0 Å². The van der Waals surface area contributed by atoms with Gasteiger partial charge in [-0.2, -0.15) is 5.10 Å². The lowest BCUT2D eigenvalue weighted by Crippen LogP contribution is -2.44. The minimum Gasteiger partial charge on any atom is -0.381 e. The summed E-state index contributed by atoms with van der Waals surface area (Å²) in [5.41, 5.74) is 5.62. The number of piperidine rings is 1. The summed E-state index contributed by atoms with van der Waals surface area (Å²) >= 11 is 0. The van der Waals surface area contributed by atoms with Crippen LogP contribution in [-0.4, -0.2) is 48.8 Å². The molecule has 0 radical (unpaired) electrons. The quantitative estimate of drug-likeness (QED) is 0.797. The Kier molecular flexibility index (Phi) is 4.12. The molecule has 1 saturated heterocycles. The lowest BCUT2D eigenvalue weighted by atomic mass is 10.1. The maximum Gasteiger partial charge on any atom is 0.246 e. The topological polar surface area (TPSA) is 93.2 Å². The SMILES string of the molecule is CCN1CCC(NS(=O)(=O)c2cn(C)nc2N)CC1. The number of aryl methyl sites for hydroxylation is 1. The molecule has 2 heterocycles. The Balaban J connectivity index is 2.04. The standard InChI is InChI=1S/C11H21N5O2S/c1-3-16-6-4-9(5-7-16)14-19(17,18)10-8-15(2)13-11(10)12/h8-9,14H,3-7H2,1-2H3,(H2,12,13). The van der Waals surface area contributed by atoms with Crippen LogP contribution in [0.15, 0.2) is 11.1 Å². The van der Waals surface area contributed by atoms with Crippen LogP contribution < -0.4 is 10.5 Å². The van der Waals surface area contributed by atoms with Gasteiger partial charge in [-0.1, -0.05) is 6.92 Å². The van der Waals surface area contributed by atoms with Gasteiger partial charge >= 0.3 is 0 Å². The molecule has 0 aliphatic carbocycles. The molecule has 8 heteroatoms. The summed E-state index contributed by atoms with van der Waals surface area (Å²) < 4.78 is 28.6. The fourth-order valence-electron chi connectivity index (χ4n) is 2.34. The van der Waals surface area contributed by atoms with Crippen LogP contribution in [0.1, 0.15) is 19.8 Å². The van der Waals surface area contributed by atoms with E-state index in [1.165, 1.54) is 10.9 Å². The van der Waals surface area contributed by atoms with Crippen LogP contribution in [0, 0.1) is 0 Å². The number of nitrogens with one attached hydrogen (secondary N) is 1. The van der Waals surface area contributed by atoms with Crippen molar-refractivity contribution in [3.05, 3.63) is 6.20 Å². The van der Waals surface area contributed by atoms with Crippen LogP contribution in [-0.2, 0) is 17.1 Å². The number of hydrogen-bond donors (Lipinski definition) is 2. The molecule has 0 bridgehead atoms. The number of nitrogens with two attached hydrogens (primary N) is 1. The number of anilines is 1. The van der Waals surface area contributed by atoms with Crippen molar-refractivity contribution in [1.82, 2.24) is 19.4 Å². The maximum atomic E-state index is 12.2. The molecule has 2 rings (SSSR count). The molecule has 19 heavy (non-hydrogen) atoms. The van der Waals surface area contributed by atoms with Gasteiger partial charge in [0.05, 0.1) is 0 Å². The second-order valence-electron chi connectivity index (χ2n) is 4.88. The van der Waals surface area contributed by atoms with Crippen molar-refractivity contribution in [3.8, 4) is 0 Å². The highest BCUT2D eigenvalue weighted by molar-refractivity contribution is 7.89. The number of sulfonamides is 1. The fourth-order valence-corrected chi connectivity index (χ4v) is 3.75. The monoisotopic (exact) mass is 287 g/mol. The van der Waals surface area contributed by atoms with E-state index in [-0.39, 0.29) is 16.8 Å². The van der Waals surface area contributed by atoms with E-state index in [0.717, 1.165) is 32.5 Å². The van der Waals surface area contributed by atoms with Crippen LogP contribution in [0.25, 0.3) is 0 Å². The zero-order valence-corrected chi connectivity index (χ0v) is 12.2. The first-order chi connectivity index (χ1) is 8.92. The van der Waals surface area contributed by atoms with E-state index in [2.05, 4.69) is 21.6 Å². The summed E-state index contributed by atoms with van der Waals surface area (Å²) in [6.07, 6.45) is 3.08. The Morgan fingerprint density at radius 1 is 1.47 bits per heavy atom. The molecule has 0 saturated carbocycles. The fraction of sp³-hybridized carbons (Fsp3) is 0.727. The zero-order chi connectivity index (χ0) is 14.0. The van der Waals surface area contributed by atoms with E-state index in [1.54, 1.807) is 7.05 Å². The molecule has 108 valence electrons. The number of rotatable bonds is 4. The van der Waals surface area contributed by atoms with Gasteiger partial charge in [0.25, 0.3) is 0 Å². The average Bonchev–Trinajstić information content (AvgIpc) is 2.70. The van der Waals surface area contributed by atoms with Crippen molar-refractivity contribution < 1.29 is 8.42 Å². The molecule has 0 spiro atoms. The first kappa shape index (κ1) is 14.3. The van der Waals surface area contributed by atoms with E-state index in [1.807, 2.05) is 0 Å². The van der Waals surface area contributed by atoms with Gasteiger partial charge < -0.3 is 10.6 Å². The van der Waals surface area contributed by atoms with Crippen LogP contribution in [0.4, 0.5) is 5.82 Å². The van der Waals surface area contributed by atoms with Crippen LogP contribution in [0.3, 0.4) is 0 Å². The van der Waals surface area contributed by atoms with Crippen LogP contribution >= 0.6 is 0 Å². The smallest absolute Gasteiger partial charge is 0.246 e. The number of hydrogen-bond acceptors (Lipinski definition) is 5. The molecule has 0 aromatic carbocycles. The Morgan fingerprint density at radius 3 is 2.58 bits per heavy atom. The van der Waals surface area contributed by atoms with Crippen molar-refractivity contribution in [3.63, 3.8) is 0 Å². The second kappa shape index (κ2) is 5.48. The number of likely N-dealkylation sites (tertiary alicyclic amines) is 1. The van der Waals surface area contributed by atoms with Crippen molar-refractivity contribution in [2.45, 2.75) is 30.7 Å². The third kappa shape index (κ3) is 3.26. The van der Waals surface area contributed by atoms with E-state index < -0.39 is 10.0 Å². The lowest BCUT2D eigenvalue weighted by molar-refractivity contribution is 0.217. The highest BCUT2D eigenvalue weighted by Gasteiger charge is 2.26. The maximum absolute atomic E-state index is 12.2. The molecule has 1 aromatic heterocycles. The van der Waals surface area contributed by atoms with E-state index in [4.69, 9.17) is 5.73 Å². The molecule has 0 atom stereocenters. The minimum absolute atomic E-state index is 0.0209. The first-order valence-electron chi connectivity index (χ1n) is 6.46. The number of aromatic nitrogens is 2. The third-order valence-corrected chi connectivity index (χ3v) is 5.01. The first-order valence-corrected chi connectivity index (χ1v) is 7.94. The summed E-state index contributed by atoms with van der Waals surface area (Å²) in [6, 6.07) is -0.0209. The van der Waals surface area contributed by atoms with Crippen LogP contribution in [0.2, 0.25) is 0 Å². The van der Waals surface area contributed by atoms with Crippen molar-refractivity contribution >= 4 is 15.8 Å². The minimum atomic E-state index is -3.57. The van der Waals surface area contributed by atoms with Gasteiger partial charge in [-0.25, -0.2) is 13.1 Å². The summed E-state index contributed by atoms with van der Waals surface area (Å²) in [6.45, 7) is 4.97. The molecule has 3 N–H and O–H groups in total. The van der Waals surface area contributed by atoms with E-state index >= 15 is 0 Å². The van der Waals surface area contributed by atoms with Crippen molar-refractivity contribution in [2.75, 3.05) is 25.4 Å². The summed E-state index contributed by atoms with van der Waals surface area (Å²) in [5, 5.41) is 3.86. The highest BCUT2D eigenvalue weighted by Crippen LogP contribution is 2.18. The normalized spacial score (nSPS) is 18.8. The van der Waals surface area contributed by atoms with Gasteiger partial charge in [0, 0.05) is 19.3 Å². The summed E-state index contributed by atoms with van der Waals surface area (Å²) in [7, 11) is -1.92.